The Morgan fingerprint density at radius 2 is 1.11 bits per heavy atom. The minimum absolute atomic E-state index is 0.806. The van der Waals surface area contributed by atoms with Crippen molar-refractivity contribution in [3.05, 3.63) is 95.1 Å². The van der Waals surface area contributed by atoms with Crippen LogP contribution in [0.15, 0.2) is 72.8 Å². The van der Waals surface area contributed by atoms with Gasteiger partial charge >= 0.3 is 0 Å². The predicted octanol–water partition coefficient (Wildman–Crippen LogP) is 7.32. The lowest BCUT2D eigenvalue weighted by Gasteiger charge is -2.16. The number of fused-ring (bicyclic) bond motifs is 3. The number of methoxy groups -OCH3 is 4. The zero-order chi connectivity index (χ0) is 25.1. The Kier molecular flexibility index (Phi) is 6.68. The summed E-state index contributed by atoms with van der Waals surface area (Å²) in [6.45, 7) is 0. The molecule has 4 aromatic carbocycles. The highest BCUT2D eigenvalue weighted by atomic mass is 16.5. The van der Waals surface area contributed by atoms with Crippen molar-refractivity contribution in [1.29, 1.82) is 0 Å². The van der Waals surface area contributed by atoms with E-state index in [2.05, 4.69) is 66.7 Å². The second-order valence-electron chi connectivity index (χ2n) is 8.82. The molecule has 0 aliphatic heterocycles. The minimum Gasteiger partial charge on any atom is -0.497 e. The number of hydrogen-bond donors (Lipinski definition) is 0. The largest absolute Gasteiger partial charge is 0.497 e. The van der Waals surface area contributed by atoms with Crippen LogP contribution in [0, 0.1) is 0 Å². The predicted molar refractivity (Wildman–Crippen MR) is 146 cm³/mol. The summed E-state index contributed by atoms with van der Waals surface area (Å²) in [5.74, 6) is 3.30. The maximum absolute atomic E-state index is 5.84. The van der Waals surface area contributed by atoms with Gasteiger partial charge in [0.2, 0.25) is 0 Å². The van der Waals surface area contributed by atoms with E-state index in [9.17, 15) is 0 Å². The lowest BCUT2D eigenvalue weighted by molar-refractivity contribution is 0.410. The van der Waals surface area contributed by atoms with Crippen LogP contribution in [0.5, 0.6) is 23.0 Å². The Morgan fingerprint density at radius 3 is 1.83 bits per heavy atom. The first-order valence-corrected chi connectivity index (χ1v) is 12.0. The lowest BCUT2D eigenvalue weighted by Crippen LogP contribution is -1.98. The molecule has 0 heterocycles. The second kappa shape index (κ2) is 10.2. The third-order valence-electron chi connectivity index (χ3n) is 6.75. The lowest BCUT2D eigenvalue weighted by atomic mass is 9.93. The first-order chi connectivity index (χ1) is 17.6. The standard InChI is InChI=1S/C32H30O4/c1-33-25-12-14-26-24(20-25)11-7-22-10-16-31(35-3)29(18-22)28-17-21(9-15-30(28)34-2)5-6-23-8-13-27(26)32(19-23)36-4/h7-20H,5-6H2,1-4H3/b11-7+. The van der Waals surface area contributed by atoms with Gasteiger partial charge in [-0.05, 0) is 89.2 Å². The maximum atomic E-state index is 5.84. The van der Waals surface area contributed by atoms with Gasteiger partial charge in [-0.3, -0.25) is 0 Å². The van der Waals surface area contributed by atoms with Crippen molar-refractivity contribution in [3.8, 4) is 45.3 Å². The number of ether oxygens (including phenoxy) is 4. The smallest absolute Gasteiger partial charge is 0.126 e. The van der Waals surface area contributed by atoms with Gasteiger partial charge in [-0.2, -0.15) is 0 Å². The Bertz CT molecular complexity index is 1430. The van der Waals surface area contributed by atoms with Gasteiger partial charge in [0.05, 0.1) is 28.4 Å². The van der Waals surface area contributed by atoms with E-state index in [0.29, 0.717) is 0 Å². The molecule has 0 N–H and O–H groups in total. The van der Waals surface area contributed by atoms with Crippen LogP contribution >= 0.6 is 0 Å². The van der Waals surface area contributed by atoms with Crippen molar-refractivity contribution >= 4 is 12.2 Å². The van der Waals surface area contributed by atoms with Crippen LogP contribution in [0.4, 0.5) is 0 Å². The summed E-state index contributed by atoms with van der Waals surface area (Å²) in [7, 11) is 6.83. The van der Waals surface area contributed by atoms with Crippen LogP contribution < -0.4 is 18.9 Å². The molecule has 0 unspecified atom stereocenters. The average molecular weight is 479 g/mol. The van der Waals surface area contributed by atoms with E-state index in [1.165, 1.54) is 11.1 Å². The van der Waals surface area contributed by atoms with Gasteiger partial charge in [0.25, 0.3) is 0 Å². The Hall–Kier alpha value is -4.18. The molecule has 4 heteroatoms. The molecule has 0 amide bonds. The summed E-state index contributed by atoms with van der Waals surface area (Å²) in [6, 6.07) is 25.2. The molecule has 2 aliphatic carbocycles. The first-order valence-electron chi connectivity index (χ1n) is 12.0. The van der Waals surface area contributed by atoms with Crippen molar-refractivity contribution in [2.45, 2.75) is 12.8 Å². The van der Waals surface area contributed by atoms with E-state index in [1.807, 2.05) is 18.2 Å². The molecule has 6 rings (SSSR count). The molecule has 2 aliphatic rings. The van der Waals surface area contributed by atoms with Crippen LogP contribution in [0.3, 0.4) is 0 Å². The molecular weight excluding hydrogens is 448 g/mol. The van der Waals surface area contributed by atoms with Crippen LogP contribution in [0.25, 0.3) is 34.4 Å². The van der Waals surface area contributed by atoms with Crippen molar-refractivity contribution in [3.63, 3.8) is 0 Å². The van der Waals surface area contributed by atoms with Crippen molar-refractivity contribution < 1.29 is 18.9 Å². The summed E-state index contributed by atoms with van der Waals surface area (Å²) in [5, 5.41) is 0. The molecule has 0 fully saturated rings. The fourth-order valence-electron chi connectivity index (χ4n) is 4.80. The molecule has 0 radical (unpaired) electrons. The molecule has 0 aromatic heterocycles. The van der Waals surface area contributed by atoms with Crippen LogP contribution in [0.2, 0.25) is 0 Å². The van der Waals surface area contributed by atoms with Crippen LogP contribution in [0.1, 0.15) is 22.3 Å². The summed E-state index contributed by atoms with van der Waals surface area (Å²) < 4.78 is 22.9. The molecule has 4 nitrogen and oxygen atoms in total. The van der Waals surface area contributed by atoms with E-state index < -0.39 is 0 Å². The van der Waals surface area contributed by atoms with Crippen molar-refractivity contribution in [2.24, 2.45) is 0 Å². The Balaban J connectivity index is 1.76. The Morgan fingerprint density at radius 1 is 0.472 bits per heavy atom. The van der Waals surface area contributed by atoms with Gasteiger partial charge in [0.1, 0.15) is 23.0 Å². The molecule has 0 saturated carbocycles. The normalized spacial score (nSPS) is 13.0. The van der Waals surface area contributed by atoms with Crippen molar-refractivity contribution in [1.82, 2.24) is 0 Å². The second-order valence-corrected chi connectivity index (χ2v) is 8.82. The molecule has 4 aromatic rings. The number of aryl methyl sites for hydroxylation is 2. The minimum atomic E-state index is 0.806. The van der Waals surface area contributed by atoms with E-state index in [4.69, 9.17) is 18.9 Å². The number of rotatable bonds is 4. The van der Waals surface area contributed by atoms with Crippen LogP contribution in [-0.4, -0.2) is 28.4 Å². The van der Waals surface area contributed by atoms with Gasteiger partial charge in [0, 0.05) is 16.7 Å². The van der Waals surface area contributed by atoms with E-state index in [0.717, 1.165) is 69.2 Å². The summed E-state index contributed by atoms with van der Waals surface area (Å²) >= 11 is 0. The van der Waals surface area contributed by atoms with Crippen LogP contribution in [-0.2, 0) is 12.8 Å². The molecule has 182 valence electrons. The molecule has 6 bridgehead atoms. The average Bonchev–Trinajstić information content (AvgIpc) is 2.93. The molecule has 0 atom stereocenters. The monoisotopic (exact) mass is 478 g/mol. The van der Waals surface area contributed by atoms with Gasteiger partial charge in [-0.25, -0.2) is 0 Å². The molecular formula is C32H30O4. The fourth-order valence-corrected chi connectivity index (χ4v) is 4.80. The zero-order valence-electron chi connectivity index (χ0n) is 21.1. The molecule has 0 saturated heterocycles. The zero-order valence-corrected chi connectivity index (χ0v) is 21.1. The summed E-state index contributed by atoms with van der Waals surface area (Å²) in [6.07, 6.45) is 6.03. The highest BCUT2D eigenvalue weighted by Gasteiger charge is 2.15. The van der Waals surface area contributed by atoms with E-state index in [1.54, 1.807) is 28.4 Å². The van der Waals surface area contributed by atoms with Gasteiger partial charge < -0.3 is 18.9 Å². The van der Waals surface area contributed by atoms with Gasteiger partial charge in [0.15, 0.2) is 0 Å². The Labute approximate surface area is 212 Å². The van der Waals surface area contributed by atoms with Gasteiger partial charge in [-0.15, -0.1) is 0 Å². The highest BCUT2D eigenvalue weighted by Crippen LogP contribution is 2.40. The number of benzene rings is 4. The van der Waals surface area contributed by atoms with E-state index >= 15 is 0 Å². The maximum Gasteiger partial charge on any atom is 0.126 e. The quantitative estimate of drug-likeness (QED) is 0.308. The van der Waals surface area contributed by atoms with E-state index in [-0.39, 0.29) is 0 Å². The van der Waals surface area contributed by atoms with Crippen molar-refractivity contribution in [2.75, 3.05) is 28.4 Å². The molecule has 36 heavy (non-hydrogen) atoms. The highest BCUT2D eigenvalue weighted by molar-refractivity contribution is 5.86. The first kappa shape index (κ1) is 23.6. The SMILES string of the molecule is COc1ccc2c(c1)/C=C/c1ccc(OC)c(c1)-c1cc(ccc1OC)CCc1ccc-2c(OC)c1. The van der Waals surface area contributed by atoms with Gasteiger partial charge in [-0.1, -0.05) is 36.4 Å². The number of hydrogen-bond acceptors (Lipinski definition) is 4. The summed E-state index contributed by atoms with van der Waals surface area (Å²) in [4.78, 5) is 0. The third kappa shape index (κ3) is 4.55. The summed E-state index contributed by atoms with van der Waals surface area (Å²) in [5.41, 5.74) is 8.73. The topological polar surface area (TPSA) is 36.9 Å². The third-order valence-corrected chi connectivity index (χ3v) is 6.75. The fraction of sp³-hybridized carbons (Fsp3) is 0.188. The molecule has 0 spiro atoms.